The van der Waals surface area contributed by atoms with Crippen molar-refractivity contribution in [1.82, 2.24) is 14.9 Å². The van der Waals surface area contributed by atoms with E-state index in [1.54, 1.807) is 0 Å². The zero-order chi connectivity index (χ0) is 20.5. The summed E-state index contributed by atoms with van der Waals surface area (Å²) in [6.07, 6.45) is 3.93. The number of hydrogen-bond acceptors (Lipinski definition) is 2. The SMILES string of the molecule is Cc1ccc(-c2cc(C(=O)NCc3ccccc3C)c3c(C)cn(C)c3c2)cn1. The molecule has 0 spiro atoms. The number of hydrogen-bond donors (Lipinski definition) is 1. The van der Waals surface area contributed by atoms with Crippen LogP contribution in [0.4, 0.5) is 0 Å². The quantitative estimate of drug-likeness (QED) is 0.533. The van der Waals surface area contributed by atoms with Crippen molar-refractivity contribution in [2.45, 2.75) is 27.3 Å². The molecule has 0 saturated carbocycles. The predicted molar refractivity (Wildman–Crippen MR) is 118 cm³/mol. The van der Waals surface area contributed by atoms with Gasteiger partial charge in [0.25, 0.3) is 5.91 Å². The van der Waals surface area contributed by atoms with Gasteiger partial charge in [-0.1, -0.05) is 30.3 Å². The van der Waals surface area contributed by atoms with Crippen molar-refractivity contribution < 1.29 is 4.79 Å². The Kier molecular flexibility index (Phi) is 4.93. The highest BCUT2D eigenvalue weighted by Gasteiger charge is 2.17. The van der Waals surface area contributed by atoms with Gasteiger partial charge in [0.15, 0.2) is 0 Å². The highest BCUT2D eigenvalue weighted by atomic mass is 16.1. The summed E-state index contributed by atoms with van der Waals surface area (Å²) in [4.78, 5) is 17.6. The first-order valence-corrected chi connectivity index (χ1v) is 9.79. The Labute approximate surface area is 171 Å². The molecular formula is C25H25N3O. The summed E-state index contributed by atoms with van der Waals surface area (Å²) in [5.41, 5.74) is 8.11. The van der Waals surface area contributed by atoms with E-state index in [1.807, 2.05) is 63.5 Å². The van der Waals surface area contributed by atoms with Gasteiger partial charge in [0.1, 0.15) is 0 Å². The van der Waals surface area contributed by atoms with Crippen LogP contribution in [0.3, 0.4) is 0 Å². The van der Waals surface area contributed by atoms with E-state index >= 15 is 0 Å². The molecule has 4 heteroatoms. The molecule has 1 N–H and O–H groups in total. The molecule has 0 saturated heterocycles. The average molecular weight is 383 g/mol. The maximum atomic E-state index is 13.2. The van der Waals surface area contributed by atoms with Gasteiger partial charge in [0.05, 0.1) is 0 Å². The van der Waals surface area contributed by atoms with Gasteiger partial charge in [-0.05, 0) is 61.2 Å². The molecule has 0 aliphatic heterocycles. The van der Waals surface area contributed by atoms with Crippen LogP contribution in [0.15, 0.2) is 60.9 Å². The van der Waals surface area contributed by atoms with E-state index in [-0.39, 0.29) is 5.91 Å². The highest BCUT2D eigenvalue weighted by Crippen LogP contribution is 2.30. The van der Waals surface area contributed by atoms with Gasteiger partial charge in [0, 0.05) is 53.7 Å². The molecule has 0 atom stereocenters. The van der Waals surface area contributed by atoms with Crippen LogP contribution in [-0.4, -0.2) is 15.5 Å². The number of aromatic nitrogens is 2. The molecular weight excluding hydrogens is 358 g/mol. The molecule has 0 fully saturated rings. The molecule has 29 heavy (non-hydrogen) atoms. The maximum absolute atomic E-state index is 13.2. The lowest BCUT2D eigenvalue weighted by atomic mass is 9.98. The molecule has 0 radical (unpaired) electrons. The van der Waals surface area contributed by atoms with Gasteiger partial charge in [0.2, 0.25) is 0 Å². The van der Waals surface area contributed by atoms with Crippen LogP contribution in [0.1, 0.15) is 32.7 Å². The molecule has 0 bridgehead atoms. The molecule has 4 nitrogen and oxygen atoms in total. The molecule has 1 amide bonds. The van der Waals surface area contributed by atoms with Crippen molar-refractivity contribution in [1.29, 1.82) is 0 Å². The van der Waals surface area contributed by atoms with Gasteiger partial charge in [-0.15, -0.1) is 0 Å². The molecule has 0 aliphatic carbocycles. The number of aryl methyl sites for hydroxylation is 4. The second kappa shape index (κ2) is 7.55. The maximum Gasteiger partial charge on any atom is 0.252 e. The average Bonchev–Trinajstić information content (AvgIpc) is 3.01. The summed E-state index contributed by atoms with van der Waals surface area (Å²) in [6.45, 7) is 6.59. The van der Waals surface area contributed by atoms with E-state index in [9.17, 15) is 4.79 Å². The Morgan fingerprint density at radius 2 is 1.79 bits per heavy atom. The van der Waals surface area contributed by atoms with E-state index in [0.29, 0.717) is 12.1 Å². The fourth-order valence-corrected chi connectivity index (χ4v) is 3.81. The number of amides is 1. The number of pyridine rings is 1. The van der Waals surface area contributed by atoms with E-state index in [2.05, 4.69) is 40.1 Å². The predicted octanol–water partition coefficient (Wildman–Crippen LogP) is 5.10. The lowest BCUT2D eigenvalue weighted by Crippen LogP contribution is -2.23. The number of rotatable bonds is 4. The molecule has 2 aromatic heterocycles. The number of nitrogens with zero attached hydrogens (tertiary/aromatic N) is 2. The number of carbonyl (C=O) groups excluding carboxylic acids is 1. The van der Waals surface area contributed by atoms with Crippen LogP contribution < -0.4 is 5.32 Å². The van der Waals surface area contributed by atoms with Crippen molar-refractivity contribution in [3.8, 4) is 11.1 Å². The Morgan fingerprint density at radius 3 is 2.52 bits per heavy atom. The van der Waals surface area contributed by atoms with Gasteiger partial charge in [-0.2, -0.15) is 0 Å². The minimum atomic E-state index is -0.0607. The van der Waals surface area contributed by atoms with Crippen molar-refractivity contribution in [3.05, 3.63) is 88.9 Å². The van der Waals surface area contributed by atoms with E-state index in [4.69, 9.17) is 0 Å². The van der Waals surface area contributed by atoms with E-state index < -0.39 is 0 Å². The fraction of sp³-hybridized carbons (Fsp3) is 0.200. The smallest absolute Gasteiger partial charge is 0.252 e. The van der Waals surface area contributed by atoms with Crippen molar-refractivity contribution in [2.75, 3.05) is 0 Å². The molecule has 0 aliphatic rings. The number of benzene rings is 2. The molecule has 4 rings (SSSR count). The van der Waals surface area contributed by atoms with Crippen molar-refractivity contribution >= 4 is 16.8 Å². The molecule has 4 aromatic rings. The first-order chi connectivity index (χ1) is 13.9. The van der Waals surface area contributed by atoms with Crippen LogP contribution in [0.25, 0.3) is 22.0 Å². The van der Waals surface area contributed by atoms with Crippen LogP contribution in [0.5, 0.6) is 0 Å². The third kappa shape index (κ3) is 3.66. The van der Waals surface area contributed by atoms with Gasteiger partial charge < -0.3 is 9.88 Å². The van der Waals surface area contributed by atoms with Crippen molar-refractivity contribution in [3.63, 3.8) is 0 Å². The summed E-state index contributed by atoms with van der Waals surface area (Å²) in [5, 5.41) is 4.11. The Hall–Kier alpha value is -3.40. The van der Waals surface area contributed by atoms with Crippen LogP contribution in [0, 0.1) is 20.8 Å². The third-order valence-corrected chi connectivity index (χ3v) is 5.47. The van der Waals surface area contributed by atoms with Crippen LogP contribution in [0.2, 0.25) is 0 Å². The van der Waals surface area contributed by atoms with Gasteiger partial charge >= 0.3 is 0 Å². The molecule has 0 unspecified atom stereocenters. The second-order valence-electron chi connectivity index (χ2n) is 7.64. The lowest BCUT2D eigenvalue weighted by molar-refractivity contribution is 0.0952. The fourth-order valence-electron chi connectivity index (χ4n) is 3.81. The van der Waals surface area contributed by atoms with Gasteiger partial charge in [-0.25, -0.2) is 0 Å². The number of nitrogens with one attached hydrogen (secondary N) is 1. The minimum absolute atomic E-state index is 0.0607. The normalized spacial score (nSPS) is 11.0. The molecule has 2 aromatic carbocycles. The minimum Gasteiger partial charge on any atom is -0.350 e. The van der Waals surface area contributed by atoms with E-state index in [1.165, 1.54) is 5.56 Å². The highest BCUT2D eigenvalue weighted by molar-refractivity contribution is 6.09. The second-order valence-corrected chi connectivity index (χ2v) is 7.64. The lowest BCUT2D eigenvalue weighted by Gasteiger charge is -2.12. The Balaban J connectivity index is 1.76. The molecule has 2 heterocycles. The summed E-state index contributed by atoms with van der Waals surface area (Å²) < 4.78 is 2.08. The molecule has 146 valence electrons. The van der Waals surface area contributed by atoms with E-state index in [0.717, 1.165) is 38.9 Å². The largest absolute Gasteiger partial charge is 0.350 e. The van der Waals surface area contributed by atoms with Crippen molar-refractivity contribution in [2.24, 2.45) is 7.05 Å². The summed E-state index contributed by atoms with van der Waals surface area (Å²) in [7, 11) is 2.02. The monoisotopic (exact) mass is 383 g/mol. The number of fused-ring (bicyclic) bond motifs is 1. The summed E-state index contributed by atoms with van der Waals surface area (Å²) >= 11 is 0. The topological polar surface area (TPSA) is 46.9 Å². The van der Waals surface area contributed by atoms with Gasteiger partial charge in [-0.3, -0.25) is 9.78 Å². The number of carbonyl (C=O) groups is 1. The zero-order valence-electron chi connectivity index (χ0n) is 17.3. The summed E-state index contributed by atoms with van der Waals surface area (Å²) in [6, 6.07) is 16.3. The van der Waals surface area contributed by atoms with Crippen LogP contribution >= 0.6 is 0 Å². The Morgan fingerprint density at radius 1 is 1.00 bits per heavy atom. The first kappa shape index (κ1) is 18.9. The van der Waals surface area contributed by atoms with Crippen LogP contribution in [-0.2, 0) is 13.6 Å². The zero-order valence-corrected chi connectivity index (χ0v) is 17.3. The standard InChI is InChI=1S/C25H25N3O/c1-16-7-5-6-8-19(16)13-27-25(29)22-11-21(20-10-9-18(3)26-14-20)12-23-24(22)17(2)15-28(23)4/h5-12,14-15H,13H2,1-4H3,(H,27,29). The Bertz CT molecular complexity index is 1200. The third-order valence-electron chi connectivity index (χ3n) is 5.47. The summed E-state index contributed by atoms with van der Waals surface area (Å²) in [5.74, 6) is -0.0607. The first-order valence-electron chi connectivity index (χ1n) is 9.79.